The Bertz CT molecular complexity index is 3870. The summed E-state index contributed by atoms with van der Waals surface area (Å²) in [7, 11) is -1.34. The molecule has 13 rings (SSSR count). The van der Waals surface area contributed by atoms with Crippen LogP contribution in [0, 0.1) is 17.9 Å². The molecule has 2 aliphatic heterocycles. The molecule has 1 radical (unpaired) electrons. The van der Waals surface area contributed by atoms with Gasteiger partial charge < -0.3 is 23.4 Å². The Labute approximate surface area is 440 Å². The predicted octanol–water partition coefficient (Wildman–Crippen LogP) is 14.3. The van der Waals surface area contributed by atoms with Crippen LogP contribution >= 0.6 is 0 Å². The van der Waals surface area contributed by atoms with Gasteiger partial charge in [0.25, 0.3) is 6.71 Å². The number of benzene rings is 8. The molecule has 8 aromatic carbocycles. The van der Waals surface area contributed by atoms with Gasteiger partial charge in [0, 0.05) is 48.7 Å². The molecule has 2 aliphatic rings. The Hall–Kier alpha value is -7.36. The molecule has 0 atom stereocenters. The molecule has 11 aromatic rings. The van der Waals surface area contributed by atoms with Crippen molar-refractivity contribution >= 4 is 69.3 Å². The molecule has 0 unspecified atom stereocenters. The third kappa shape index (κ3) is 8.51. The summed E-state index contributed by atoms with van der Waals surface area (Å²) < 4.78 is 35.2. The first-order chi connectivity index (χ1) is 34.9. The van der Waals surface area contributed by atoms with Crippen LogP contribution in [0.1, 0.15) is 50.7 Å². The van der Waals surface area contributed by atoms with Crippen molar-refractivity contribution < 1.29 is 38.4 Å². The number of nitrogens with zero attached hydrogens (tertiary/aromatic N) is 3. The van der Waals surface area contributed by atoms with Crippen molar-refractivity contribution in [1.82, 2.24) is 14.5 Å². The summed E-state index contributed by atoms with van der Waals surface area (Å²) in [5.74, 6) is 4.37. The van der Waals surface area contributed by atoms with Crippen LogP contribution in [0.4, 0.5) is 4.39 Å². The zero-order valence-electron chi connectivity index (χ0n) is 41.7. The molecule has 0 bridgehead atoms. The smallest absolute Gasteiger partial charge is 0.260 e. The molecule has 73 heavy (non-hydrogen) atoms. The number of para-hydroxylation sites is 3. The van der Waals surface area contributed by atoms with Crippen LogP contribution in [0.5, 0.6) is 23.0 Å². The largest absolute Gasteiger partial charge is 0.501 e. The maximum Gasteiger partial charge on any atom is 0.260 e. The van der Waals surface area contributed by atoms with E-state index in [4.69, 9.17) is 18.9 Å². The second kappa shape index (κ2) is 18.9. The second-order valence-corrected chi connectivity index (χ2v) is 25.5. The van der Waals surface area contributed by atoms with Crippen LogP contribution in [-0.4, -0.2) is 29.3 Å². The van der Waals surface area contributed by atoms with E-state index in [1.54, 1.807) is 6.07 Å². The number of imidazole rings is 1. The van der Waals surface area contributed by atoms with Crippen LogP contribution < -0.4 is 31.0 Å². The summed E-state index contributed by atoms with van der Waals surface area (Å²) in [6.45, 7) is 16.0. The zero-order chi connectivity index (χ0) is 49.4. The van der Waals surface area contributed by atoms with Crippen molar-refractivity contribution in [2.24, 2.45) is 0 Å². The van der Waals surface area contributed by atoms with Gasteiger partial charge in [0.1, 0.15) is 28.6 Å². The number of hydrogen-bond donors (Lipinski definition) is 0. The van der Waals surface area contributed by atoms with E-state index in [1.165, 1.54) is 45.3 Å². The fraction of sp³-hybridized carbons (Fsp3) is 0.143. The average Bonchev–Trinajstić information content (AvgIpc) is 3.96. The monoisotopic (exact) mass is 1150 g/mol. The SMILES string of the molecule is CC(C)c1cc(-c2ccccc2)cc(C(C)C)c1-n1c(-c2[c-]ccc3c2oc2cc4c(cc23)Oc2cccc3c2B4c2ccccc2O3)nc2ccccc21.C[Si](C)(C)c1ccnc(-c2[c-]cc(F)cc2)c1.[Ir]. The third-order valence-electron chi connectivity index (χ3n) is 14.1. The summed E-state index contributed by atoms with van der Waals surface area (Å²) in [5.41, 5.74) is 15.4. The second-order valence-electron chi connectivity index (χ2n) is 20.5. The topological polar surface area (TPSA) is 62.3 Å². The molecule has 0 spiro atoms. The van der Waals surface area contributed by atoms with Crippen molar-refractivity contribution in [3.63, 3.8) is 0 Å². The molecule has 0 saturated carbocycles. The fourth-order valence-electron chi connectivity index (χ4n) is 10.4. The van der Waals surface area contributed by atoms with E-state index in [-0.39, 0.29) is 44.5 Å². The predicted molar refractivity (Wildman–Crippen MR) is 295 cm³/mol. The van der Waals surface area contributed by atoms with E-state index in [1.807, 2.05) is 42.6 Å². The number of pyridine rings is 1. The van der Waals surface area contributed by atoms with Crippen molar-refractivity contribution in [2.75, 3.05) is 0 Å². The van der Waals surface area contributed by atoms with Crippen LogP contribution in [0.2, 0.25) is 19.6 Å². The molecule has 0 amide bonds. The van der Waals surface area contributed by atoms with E-state index in [0.29, 0.717) is 0 Å². The van der Waals surface area contributed by atoms with E-state index in [9.17, 15) is 4.39 Å². The van der Waals surface area contributed by atoms with Crippen molar-refractivity contribution in [3.05, 3.63) is 199 Å². The standard InChI is InChI=1S/C49H36BN2O3.C14H15FNSi.Ir/c1-28(2)34-24-31(30-14-6-5-7-15-30)25-35(29(3)4)47(34)52-40-20-10-9-19-39(40)51-49(52)33-17-12-16-32-36-26-45-38(27-44(36)55-48(32)33)50-37-18-8-11-21-41(37)53-42-22-13-23-43(54-45)46(42)50;1-17(2,3)13-8-9-16-14(10-13)11-4-6-12(15)7-5-11;/h5-16,18-29H,1-4H3;4,6-10H,1-3H3;/q2*-1;. The number of hydrogen-bond acceptors (Lipinski definition) is 5. The Morgan fingerprint density at radius 1 is 0.644 bits per heavy atom. The van der Waals surface area contributed by atoms with Gasteiger partial charge in [0.2, 0.25) is 0 Å². The number of rotatable bonds is 7. The normalized spacial score (nSPS) is 12.4. The molecule has 0 fully saturated rings. The average molecular weight is 1150 g/mol. The van der Waals surface area contributed by atoms with Gasteiger partial charge in [-0.1, -0.05) is 136 Å². The minimum absolute atomic E-state index is 0. The molecular formula is C63H51BFIrN3O3Si-2. The van der Waals surface area contributed by atoms with Gasteiger partial charge >= 0.3 is 0 Å². The van der Waals surface area contributed by atoms with Crippen molar-refractivity contribution in [3.8, 4) is 62.5 Å². The van der Waals surface area contributed by atoms with Crippen LogP contribution in [0.15, 0.2) is 174 Å². The first-order valence-corrected chi connectivity index (χ1v) is 28.2. The van der Waals surface area contributed by atoms with Gasteiger partial charge in [0.05, 0.1) is 30.5 Å². The van der Waals surface area contributed by atoms with Gasteiger partial charge in [0.15, 0.2) is 0 Å². The van der Waals surface area contributed by atoms with Gasteiger partial charge in [-0.05, 0) is 111 Å². The summed E-state index contributed by atoms with van der Waals surface area (Å²) >= 11 is 0. The number of ether oxygens (including phenoxy) is 2. The minimum Gasteiger partial charge on any atom is -0.501 e. The first-order valence-electron chi connectivity index (χ1n) is 24.7. The molecule has 0 aliphatic carbocycles. The minimum atomic E-state index is -1.34. The maximum atomic E-state index is 12.8. The molecule has 6 nitrogen and oxygen atoms in total. The maximum absolute atomic E-state index is 12.8. The third-order valence-corrected chi connectivity index (χ3v) is 16.1. The Morgan fingerprint density at radius 2 is 1.34 bits per heavy atom. The van der Waals surface area contributed by atoms with Crippen LogP contribution in [0.25, 0.3) is 72.4 Å². The Kier molecular flexibility index (Phi) is 12.4. The van der Waals surface area contributed by atoms with Crippen LogP contribution in [-0.2, 0) is 20.1 Å². The number of fused-ring (bicyclic) bond motifs is 8. The summed E-state index contributed by atoms with van der Waals surface area (Å²) in [6, 6.07) is 61.8. The fourth-order valence-corrected chi connectivity index (χ4v) is 11.6. The Morgan fingerprint density at radius 3 is 2.07 bits per heavy atom. The quantitative estimate of drug-likeness (QED) is 0.118. The molecular weight excluding hydrogens is 1100 g/mol. The summed E-state index contributed by atoms with van der Waals surface area (Å²) in [4.78, 5) is 9.69. The van der Waals surface area contributed by atoms with Crippen molar-refractivity contribution in [1.29, 1.82) is 0 Å². The van der Waals surface area contributed by atoms with Crippen LogP contribution in [0.3, 0.4) is 0 Å². The van der Waals surface area contributed by atoms with Gasteiger partial charge in [-0.3, -0.25) is 9.37 Å². The van der Waals surface area contributed by atoms with E-state index < -0.39 is 8.07 Å². The number of furan rings is 1. The van der Waals surface area contributed by atoms with Gasteiger partial charge in [-0.2, -0.15) is 0 Å². The van der Waals surface area contributed by atoms with E-state index >= 15 is 0 Å². The Balaban J connectivity index is 0.000000272. The zero-order valence-corrected chi connectivity index (χ0v) is 45.1. The first kappa shape index (κ1) is 47.9. The molecule has 0 saturated heterocycles. The van der Waals surface area contributed by atoms with Gasteiger partial charge in [-0.15, -0.1) is 48.0 Å². The van der Waals surface area contributed by atoms with Crippen molar-refractivity contribution in [2.45, 2.75) is 59.2 Å². The van der Waals surface area contributed by atoms with Gasteiger partial charge in [-0.25, -0.2) is 0 Å². The summed E-state index contributed by atoms with van der Waals surface area (Å²) in [5, 5.41) is 3.33. The molecule has 5 heterocycles. The van der Waals surface area contributed by atoms with E-state index in [0.717, 1.165) is 95.0 Å². The number of halogens is 1. The van der Waals surface area contributed by atoms with E-state index in [2.05, 4.69) is 178 Å². The molecule has 361 valence electrons. The molecule has 3 aromatic heterocycles. The molecule has 0 N–H and O–H groups in total. The molecule has 10 heteroatoms. The number of aromatic nitrogens is 3. The summed E-state index contributed by atoms with van der Waals surface area (Å²) in [6.07, 6.45) is 1.82.